The average molecular weight is 434 g/mol. The molecule has 168 valence electrons. The molecule has 1 saturated heterocycles. The van der Waals surface area contributed by atoms with Gasteiger partial charge in [0.05, 0.1) is 12.6 Å². The molecule has 2 rings (SSSR count). The van der Waals surface area contributed by atoms with Gasteiger partial charge in [-0.1, -0.05) is 0 Å². The second-order valence-electron chi connectivity index (χ2n) is 6.76. The Balaban J connectivity index is 1.88. The Kier molecular flexibility index (Phi) is 7.41. The third kappa shape index (κ3) is 5.27. The highest BCUT2D eigenvalue weighted by Crippen LogP contribution is 2.42. The highest BCUT2D eigenvalue weighted by molar-refractivity contribution is 5.89. The summed E-state index contributed by atoms with van der Waals surface area (Å²) in [6, 6.07) is -0.562. The number of amides is 2. The Hall–Kier alpha value is -2.68. The lowest BCUT2D eigenvalue weighted by atomic mass is 10.1. The van der Waals surface area contributed by atoms with E-state index in [9.17, 15) is 28.3 Å². The molecule has 0 aliphatic carbocycles. The van der Waals surface area contributed by atoms with Crippen LogP contribution in [-0.4, -0.2) is 70.0 Å². The van der Waals surface area contributed by atoms with E-state index in [1.807, 2.05) is 0 Å². The molecule has 0 aromatic carbocycles. The summed E-state index contributed by atoms with van der Waals surface area (Å²) in [6.45, 7) is 1.96. The highest BCUT2D eigenvalue weighted by atomic mass is 19.3. The molecule has 2 amide bonds. The normalized spacial score (nSPS) is 24.8. The van der Waals surface area contributed by atoms with Crippen LogP contribution in [0.25, 0.3) is 0 Å². The van der Waals surface area contributed by atoms with E-state index in [4.69, 9.17) is 20.9 Å². The number of hydrogen-bond donors (Lipinski definition) is 5. The molecule has 1 aliphatic heterocycles. The molecule has 5 atom stereocenters. The highest BCUT2D eigenvalue weighted by Gasteiger charge is 2.59. The fourth-order valence-electron chi connectivity index (χ4n) is 2.57. The number of carbonyl (C=O) groups excluding carboxylic acids is 2. The van der Waals surface area contributed by atoms with Gasteiger partial charge in [0.2, 0.25) is 18.0 Å². The first kappa shape index (κ1) is 23.6. The van der Waals surface area contributed by atoms with Crippen molar-refractivity contribution >= 4 is 17.6 Å². The van der Waals surface area contributed by atoms with Gasteiger partial charge in [0, 0.05) is 6.20 Å². The number of nitrogens with two attached hydrogens (primary N) is 2. The summed E-state index contributed by atoms with van der Waals surface area (Å²) >= 11 is 0. The molecule has 0 bridgehead atoms. The molecule has 14 heteroatoms. The Morgan fingerprint density at radius 1 is 1.43 bits per heavy atom. The van der Waals surface area contributed by atoms with Crippen LogP contribution in [0.2, 0.25) is 0 Å². The molecule has 2 heterocycles. The first-order valence-electron chi connectivity index (χ1n) is 8.92. The van der Waals surface area contributed by atoms with Crippen molar-refractivity contribution in [2.24, 2.45) is 5.73 Å². The van der Waals surface area contributed by atoms with Crippen LogP contribution in [-0.2, 0) is 19.1 Å². The van der Waals surface area contributed by atoms with Gasteiger partial charge < -0.3 is 36.7 Å². The van der Waals surface area contributed by atoms with Crippen molar-refractivity contribution in [1.82, 2.24) is 20.2 Å². The number of aliphatic hydroxyl groups is 1. The van der Waals surface area contributed by atoms with Crippen LogP contribution in [0.5, 0.6) is 0 Å². The zero-order chi connectivity index (χ0) is 22.6. The maximum absolute atomic E-state index is 14.4. The van der Waals surface area contributed by atoms with Gasteiger partial charge >= 0.3 is 11.6 Å². The summed E-state index contributed by atoms with van der Waals surface area (Å²) in [7, 11) is 0. The van der Waals surface area contributed by atoms with Crippen LogP contribution < -0.4 is 27.8 Å². The Labute approximate surface area is 169 Å². The number of nitrogens with one attached hydrogen (secondary N) is 2. The van der Waals surface area contributed by atoms with Gasteiger partial charge in [-0.15, -0.1) is 0 Å². The number of nitrogen functional groups attached to an aromatic ring is 1. The molecule has 0 unspecified atom stereocenters. The van der Waals surface area contributed by atoms with Crippen LogP contribution in [0.3, 0.4) is 0 Å². The van der Waals surface area contributed by atoms with E-state index in [0.717, 1.165) is 12.3 Å². The summed E-state index contributed by atoms with van der Waals surface area (Å²) in [5, 5.41) is 14.6. The molecule has 0 spiro atoms. The quantitative estimate of drug-likeness (QED) is 0.221. The van der Waals surface area contributed by atoms with Crippen molar-refractivity contribution in [2.75, 3.05) is 19.1 Å². The standard InChI is InChI=1S/C16H24F2N6O6/c1-7(19)12(26)22-8(2)13(27)21-6-29-5-9-11(25)16(17,18)14(30-9)24-4-3-10(20)23-15(24)28/h3-4,7-9,11,14,25H,5-6,19H2,1-2H3,(H,21,27)(H,22,26)(H2,20,23,28)/t7-,8-,9+,11+,14+/m1/s1. The van der Waals surface area contributed by atoms with Crippen LogP contribution in [0, 0.1) is 0 Å². The maximum atomic E-state index is 14.4. The lowest BCUT2D eigenvalue weighted by Gasteiger charge is -2.20. The Morgan fingerprint density at radius 2 is 2.10 bits per heavy atom. The monoisotopic (exact) mass is 434 g/mol. The number of alkyl halides is 2. The molecule has 1 aromatic heterocycles. The van der Waals surface area contributed by atoms with Crippen LogP contribution >= 0.6 is 0 Å². The number of nitrogens with zero attached hydrogens (tertiary/aromatic N) is 2. The molecule has 0 saturated carbocycles. The number of hydrogen-bond acceptors (Lipinski definition) is 9. The first-order chi connectivity index (χ1) is 13.9. The zero-order valence-corrected chi connectivity index (χ0v) is 16.2. The number of aliphatic hydroxyl groups excluding tert-OH is 1. The lowest BCUT2D eigenvalue weighted by Crippen LogP contribution is -2.49. The smallest absolute Gasteiger partial charge is 0.351 e. The number of anilines is 1. The van der Waals surface area contributed by atoms with E-state index in [1.54, 1.807) is 0 Å². The minimum Gasteiger partial charge on any atom is -0.384 e. The van der Waals surface area contributed by atoms with E-state index in [-0.39, 0.29) is 5.82 Å². The maximum Gasteiger partial charge on any atom is 0.351 e. The van der Waals surface area contributed by atoms with E-state index >= 15 is 0 Å². The fourth-order valence-corrected chi connectivity index (χ4v) is 2.57. The van der Waals surface area contributed by atoms with Crippen molar-refractivity contribution < 1.29 is 33.0 Å². The summed E-state index contributed by atoms with van der Waals surface area (Å²) in [5.41, 5.74) is 9.65. The second-order valence-corrected chi connectivity index (χ2v) is 6.76. The minimum absolute atomic E-state index is 0.153. The van der Waals surface area contributed by atoms with Crippen molar-refractivity contribution in [3.8, 4) is 0 Å². The summed E-state index contributed by atoms with van der Waals surface area (Å²) in [4.78, 5) is 38.5. The number of ether oxygens (including phenoxy) is 2. The number of carbonyl (C=O) groups is 2. The van der Waals surface area contributed by atoms with Crippen molar-refractivity contribution in [3.63, 3.8) is 0 Å². The van der Waals surface area contributed by atoms with E-state index < -0.39 is 67.3 Å². The van der Waals surface area contributed by atoms with Crippen LogP contribution in [0.4, 0.5) is 14.6 Å². The van der Waals surface area contributed by atoms with Gasteiger partial charge in [-0.2, -0.15) is 13.8 Å². The largest absolute Gasteiger partial charge is 0.384 e. The van der Waals surface area contributed by atoms with Gasteiger partial charge in [-0.25, -0.2) is 4.79 Å². The predicted octanol–water partition coefficient (Wildman–Crippen LogP) is -2.34. The number of aromatic nitrogens is 2. The molecular formula is C16H24F2N6O6. The van der Waals surface area contributed by atoms with E-state index in [0.29, 0.717) is 4.57 Å². The zero-order valence-electron chi connectivity index (χ0n) is 16.2. The van der Waals surface area contributed by atoms with Crippen molar-refractivity contribution in [1.29, 1.82) is 0 Å². The summed E-state index contributed by atoms with van der Waals surface area (Å²) < 4.78 is 39.5. The van der Waals surface area contributed by atoms with Gasteiger partial charge in [-0.05, 0) is 19.9 Å². The van der Waals surface area contributed by atoms with Gasteiger partial charge in [0.15, 0.2) is 6.10 Å². The van der Waals surface area contributed by atoms with Crippen molar-refractivity contribution in [3.05, 3.63) is 22.7 Å². The summed E-state index contributed by atoms with van der Waals surface area (Å²) in [6.07, 6.45) is -4.88. The van der Waals surface area contributed by atoms with E-state index in [2.05, 4.69) is 15.6 Å². The van der Waals surface area contributed by atoms with Crippen molar-refractivity contribution in [2.45, 2.75) is 50.3 Å². The first-order valence-corrected chi connectivity index (χ1v) is 8.92. The molecule has 0 radical (unpaired) electrons. The van der Waals surface area contributed by atoms with Gasteiger partial charge in [0.25, 0.3) is 0 Å². The van der Waals surface area contributed by atoms with Gasteiger partial charge in [0.1, 0.15) is 24.7 Å². The third-order valence-corrected chi connectivity index (χ3v) is 4.28. The fraction of sp³-hybridized carbons (Fsp3) is 0.625. The predicted molar refractivity (Wildman–Crippen MR) is 98.0 cm³/mol. The molecule has 12 nitrogen and oxygen atoms in total. The Bertz CT molecular complexity index is 835. The average Bonchev–Trinajstić information content (AvgIpc) is 2.88. The molecule has 1 aromatic rings. The molecular weight excluding hydrogens is 410 g/mol. The lowest BCUT2D eigenvalue weighted by molar-refractivity contribution is -0.141. The van der Waals surface area contributed by atoms with E-state index in [1.165, 1.54) is 13.8 Å². The SMILES string of the molecule is C[C@@H](N)C(=O)N[C@H](C)C(=O)NCOC[C@@H]1O[C@H](n2ccc(N)nc2=O)C(F)(F)[C@H]1O. The second kappa shape index (κ2) is 9.42. The van der Waals surface area contributed by atoms with Crippen LogP contribution in [0.1, 0.15) is 20.1 Å². The number of halogens is 2. The minimum atomic E-state index is -3.81. The molecule has 1 fully saturated rings. The van der Waals surface area contributed by atoms with Gasteiger partial charge in [-0.3, -0.25) is 14.2 Å². The molecule has 1 aliphatic rings. The third-order valence-electron chi connectivity index (χ3n) is 4.28. The summed E-state index contributed by atoms with van der Waals surface area (Å²) in [5.74, 6) is -5.09. The molecule has 30 heavy (non-hydrogen) atoms. The molecule has 7 N–H and O–H groups in total. The Morgan fingerprint density at radius 3 is 2.70 bits per heavy atom. The van der Waals surface area contributed by atoms with Crippen LogP contribution in [0.15, 0.2) is 17.1 Å². The topological polar surface area (TPSA) is 184 Å². The number of rotatable bonds is 8.